The molecular formula is C17H12O6. The number of aryl methyl sites for hydroxylation is 1. The summed E-state index contributed by atoms with van der Waals surface area (Å²) in [6.07, 6.45) is 3.18. The van der Waals surface area contributed by atoms with Gasteiger partial charge in [0.15, 0.2) is 5.78 Å². The summed E-state index contributed by atoms with van der Waals surface area (Å²) < 4.78 is 43.9. The SMILES string of the molecule is [2H]C([2H])([2H])Oc1cc2c(c3oc(=O)c4c(c13)CCC4=O)[C@@H]1C=CO[C@@H]1O2. The summed E-state index contributed by atoms with van der Waals surface area (Å²) in [4.78, 5) is 24.5. The molecule has 0 bridgehead atoms. The monoisotopic (exact) mass is 315 g/mol. The molecule has 0 N–H and O–H groups in total. The molecule has 1 aliphatic carbocycles. The number of hydrogen-bond acceptors (Lipinski definition) is 6. The lowest BCUT2D eigenvalue weighted by molar-refractivity contribution is -0.00485. The van der Waals surface area contributed by atoms with Crippen molar-refractivity contribution in [2.75, 3.05) is 7.04 Å². The van der Waals surface area contributed by atoms with E-state index in [1.807, 2.05) is 0 Å². The lowest BCUT2D eigenvalue weighted by Crippen LogP contribution is -2.14. The van der Waals surface area contributed by atoms with Crippen LogP contribution in [0.4, 0.5) is 0 Å². The number of ether oxygens (including phenoxy) is 3. The largest absolute Gasteiger partial charge is 0.496 e. The van der Waals surface area contributed by atoms with E-state index in [0.717, 1.165) is 0 Å². The fourth-order valence-corrected chi connectivity index (χ4v) is 3.64. The van der Waals surface area contributed by atoms with Crippen LogP contribution >= 0.6 is 0 Å². The van der Waals surface area contributed by atoms with E-state index in [0.29, 0.717) is 28.7 Å². The minimum absolute atomic E-state index is 0.00240. The topological polar surface area (TPSA) is 75.0 Å². The zero-order valence-corrected chi connectivity index (χ0v) is 11.8. The van der Waals surface area contributed by atoms with E-state index in [1.54, 1.807) is 6.08 Å². The van der Waals surface area contributed by atoms with Gasteiger partial charge in [0.25, 0.3) is 6.29 Å². The first-order chi connectivity index (χ1) is 12.3. The predicted octanol–water partition coefficient (Wildman–Crippen LogP) is 2.28. The molecule has 3 aliphatic rings. The molecular weight excluding hydrogens is 300 g/mol. The molecule has 0 unspecified atom stereocenters. The molecule has 0 fully saturated rings. The Bertz CT molecular complexity index is 1070. The molecule has 0 spiro atoms. The molecule has 1 aromatic carbocycles. The number of ketones is 1. The number of Topliss-reactive ketones (excluding diaryl/α,β-unsaturated/α-hetero) is 1. The highest BCUT2D eigenvalue weighted by Gasteiger charge is 2.41. The summed E-state index contributed by atoms with van der Waals surface area (Å²) in [6, 6.07) is 1.46. The fraction of sp³-hybridized carbons (Fsp3) is 0.294. The van der Waals surface area contributed by atoms with E-state index in [9.17, 15) is 9.59 Å². The van der Waals surface area contributed by atoms with Crippen molar-refractivity contribution < 1.29 is 27.5 Å². The molecule has 116 valence electrons. The normalized spacial score (nSPS) is 25.9. The number of carbonyl (C=O) groups excluding carboxylic acids is 1. The second kappa shape index (κ2) is 4.16. The van der Waals surface area contributed by atoms with E-state index in [2.05, 4.69) is 0 Å². The van der Waals surface area contributed by atoms with Gasteiger partial charge < -0.3 is 18.6 Å². The maximum absolute atomic E-state index is 12.4. The molecule has 0 amide bonds. The van der Waals surface area contributed by atoms with Gasteiger partial charge in [-0.05, 0) is 18.1 Å². The molecule has 23 heavy (non-hydrogen) atoms. The van der Waals surface area contributed by atoms with Gasteiger partial charge in [0.1, 0.15) is 22.6 Å². The molecule has 0 saturated carbocycles. The number of carbonyl (C=O) groups is 1. The Balaban J connectivity index is 1.88. The van der Waals surface area contributed by atoms with Crippen LogP contribution in [0.2, 0.25) is 0 Å². The average molecular weight is 315 g/mol. The Morgan fingerprint density at radius 2 is 2.26 bits per heavy atom. The molecule has 6 nitrogen and oxygen atoms in total. The first kappa shape index (κ1) is 10.1. The third kappa shape index (κ3) is 1.48. The molecule has 5 rings (SSSR count). The second-order valence-electron chi connectivity index (χ2n) is 5.74. The maximum atomic E-state index is 12.4. The summed E-state index contributed by atoms with van der Waals surface area (Å²) in [5, 5.41) is 0.338. The Morgan fingerprint density at radius 3 is 3.13 bits per heavy atom. The van der Waals surface area contributed by atoms with Gasteiger partial charge in [-0.3, -0.25) is 4.79 Å². The molecule has 2 atom stereocenters. The van der Waals surface area contributed by atoms with Gasteiger partial charge in [0, 0.05) is 12.5 Å². The highest BCUT2D eigenvalue weighted by atomic mass is 16.7. The number of benzene rings is 1. The predicted molar refractivity (Wildman–Crippen MR) is 79.1 cm³/mol. The van der Waals surface area contributed by atoms with Crippen LogP contribution in [0.15, 0.2) is 27.6 Å². The van der Waals surface area contributed by atoms with E-state index >= 15 is 0 Å². The summed E-state index contributed by atoms with van der Waals surface area (Å²) in [5.41, 5.74) is 0.490. The van der Waals surface area contributed by atoms with Crippen LogP contribution in [0.5, 0.6) is 11.5 Å². The van der Waals surface area contributed by atoms with Crippen molar-refractivity contribution in [3.05, 3.63) is 45.5 Å². The van der Waals surface area contributed by atoms with Crippen molar-refractivity contribution in [3.8, 4) is 11.5 Å². The van der Waals surface area contributed by atoms with Crippen molar-refractivity contribution in [2.24, 2.45) is 0 Å². The first-order valence-electron chi connectivity index (χ1n) is 8.71. The van der Waals surface area contributed by atoms with Crippen LogP contribution in [0.25, 0.3) is 11.0 Å². The van der Waals surface area contributed by atoms with E-state index < -0.39 is 19.0 Å². The van der Waals surface area contributed by atoms with Crippen molar-refractivity contribution in [1.29, 1.82) is 0 Å². The average Bonchev–Trinajstić information content (AvgIpc) is 3.19. The maximum Gasteiger partial charge on any atom is 0.347 e. The van der Waals surface area contributed by atoms with Gasteiger partial charge in [-0.25, -0.2) is 4.79 Å². The van der Waals surface area contributed by atoms with Crippen LogP contribution in [-0.4, -0.2) is 19.1 Å². The van der Waals surface area contributed by atoms with E-state index in [-0.39, 0.29) is 35.0 Å². The molecule has 3 heterocycles. The van der Waals surface area contributed by atoms with Crippen LogP contribution in [0.3, 0.4) is 0 Å². The third-order valence-corrected chi connectivity index (χ3v) is 4.61. The standard InChI is InChI=1S/C17H12O6/c1-20-10-6-11-14(8-4-5-21-17(8)22-11)15-13(10)7-2-3-9(18)12(7)16(19)23-15/h4-6,8,17H,2-3H2,1H3/t8-,17+/m0/s1/i1D3. The second-order valence-corrected chi connectivity index (χ2v) is 5.74. The lowest BCUT2D eigenvalue weighted by Gasteiger charge is -2.12. The van der Waals surface area contributed by atoms with Gasteiger partial charge in [-0.2, -0.15) is 0 Å². The fourth-order valence-electron chi connectivity index (χ4n) is 3.64. The Morgan fingerprint density at radius 1 is 1.35 bits per heavy atom. The van der Waals surface area contributed by atoms with Crippen molar-refractivity contribution in [2.45, 2.75) is 25.0 Å². The van der Waals surface area contributed by atoms with Crippen LogP contribution in [0, 0.1) is 0 Å². The zero-order chi connectivity index (χ0) is 18.2. The molecule has 0 radical (unpaired) electrons. The zero-order valence-electron chi connectivity index (χ0n) is 14.8. The van der Waals surface area contributed by atoms with Gasteiger partial charge in [0.2, 0.25) is 0 Å². The molecule has 0 saturated heterocycles. The van der Waals surface area contributed by atoms with Crippen molar-refractivity contribution in [1.82, 2.24) is 0 Å². The van der Waals surface area contributed by atoms with Crippen LogP contribution in [0.1, 0.15) is 37.9 Å². The summed E-state index contributed by atoms with van der Waals surface area (Å²) in [7, 11) is -2.71. The number of fused-ring (bicyclic) bond motifs is 7. The van der Waals surface area contributed by atoms with Crippen molar-refractivity contribution >= 4 is 16.8 Å². The quantitative estimate of drug-likeness (QED) is 0.752. The third-order valence-electron chi connectivity index (χ3n) is 4.61. The van der Waals surface area contributed by atoms with Crippen LogP contribution < -0.4 is 15.1 Å². The Hall–Kier alpha value is -2.76. The van der Waals surface area contributed by atoms with Gasteiger partial charge in [-0.1, -0.05) is 0 Å². The number of rotatable bonds is 1. The Kier molecular flexibility index (Phi) is 1.83. The summed E-state index contributed by atoms with van der Waals surface area (Å²) in [5.74, 6) is -0.261. The van der Waals surface area contributed by atoms with Crippen molar-refractivity contribution in [3.63, 3.8) is 0 Å². The van der Waals surface area contributed by atoms with E-state index in [4.69, 9.17) is 22.7 Å². The molecule has 1 aromatic heterocycles. The summed E-state index contributed by atoms with van der Waals surface area (Å²) in [6.45, 7) is 0. The van der Waals surface area contributed by atoms with E-state index in [1.165, 1.54) is 12.3 Å². The molecule has 2 aliphatic heterocycles. The highest BCUT2D eigenvalue weighted by molar-refractivity contribution is 6.06. The highest BCUT2D eigenvalue weighted by Crippen LogP contribution is 2.50. The smallest absolute Gasteiger partial charge is 0.347 e. The first-order valence-corrected chi connectivity index (χ1v) is 7.21. The minimum Gasteiger partial charge on any atom is -0.496 e. The minimum atomic E-state index is -2.71. The van der Waals surface area contributed by atoms with Gasteiger partial charge >= 0.3 is 5.63 Å². The van der Waals surface area contributed by atoms with Gasteiger partial charge in [-0.15, -0.1) is 0 Å². The molecule has 6 heteroatoms. The lowest BCUT2D eigenvalue weighted by atomic mass is 9.95. The summed E-state index contributed by atoms with van der Waals surface area (Å²) >= 11 is 0. The Labute approximate surface area is 134 Å². The van der Waals surface area contributed by atoms with Gasteiger partial charge in [0.05, 0.1) is 34.3 Å². The number of hydrogen-bond donors (Lipinski definition) is 0. The van der Waals surface area contributed by atoms with Crippen LogP contribution in [-0.2, 0) is 11.2 Å². The number of methoxy groups -OCH3 is 1. The molecule has 2 aromatic rings.